The third-order valence-electron chi connectivity index (χ3n) is 4.07. The van der Waals surface area contributed by atoms with Crippen molar-refractivity contribution >= 4 is 11.6 Å². The van der Waals surface area contributed by atoms with Gasteiger partial charge in [-0.3, -0.25) is 9.59 Å². The second kappa shape index (κ2) is 4.96. The molecule has 0 N–H and O–H groups in total. The van der Waals surface area contributed by atoms with Crippen LogP contribution in [0.25, 0.3) is 5.69 Å². The van der Waals surface area contributed by atoms with Crippen molar-refractivity contribution in [2.24, 2.45) is 7.05 Å². The molecule has 6 heteroatoms. The Morgan fingerprint density at radius 2 is 1.62 bits per heavy atom. The zero-order chi connectivity index (χ0) is 16.8. The minimum absolute atomic E-state index is 0.220. The molecule has 0 atom stereocenters. The second-order valence-electron chi connectivity index (χ2n) is 5.48. The van der Waals surface area contributed by atoms with Gasteiger partial charge in [0, 0.05) is 11.1 Å². The maximum absolute atomic E-state index is 12.9. The topological polar surface area (TPSA) is 79.6 Å². The number of fused-ring (bicyclic) bond motifs is 2. The van der Waals surface area contributed by atoms with Gasteiger partial charge < -0.3 is 0 Å². The molecule has 114 valence electrons. The minimum Gasteiger partial charge on any atom is -0.284 e. The summed E-state index contributed by atoms with van der Waals surface area (Å²) in [6, 6.07) is 15.5. The number of carbonyl (C=O) groups excluding carboxylic acids is 2. The molecule has 1 aromatic heterocycles. The average molecular weight is 315 g/mol. The number of nitrogens with zero attached hydrogens (tertiary/aromatic N) is 4. The fourth-order valence-corrected chi connectivity index (χ4v) is 2.93. The van der Waals surface area contributed by atoms with Crippen LogP contribution in [-0.4, -0.2) is 21.5 Å². The molecule has 1 heterocycles. The summed E-state index contributed by atoms with van der Waals surface area (Å²) in [5.41, 5.74) is 2.41. The maximum Gasteiger partial charge on any atom is 0.256 e. The Bertz CT molecular complexity index is 1060. The number of hydrogen-bond donors (Lipinski definition) is 0. The number of hydrogen-bond acceptors (Lipinski definition) is 4. The van der Waals surface area contributed by atoms with Gasteiger partial charge in [-0.2, -0.15) is 5.26 Å². The first-order valence-corrected chi connectivity index (χ1v) is 7.30. The highest BCUT2D eigenvalue weighted by molar-refractivity contribution is 6.26. The standard InChI is InChI=1S/C18H11N4O2/c1-21-15-16(18(24)14-5-3-2-4-13(14)17(15)23)22(20-21)12-8-6-11(10-19)7-9-12/h2-9H,1H3/q+1. The van der Waals surface area contributed by atoms with Crippen LogP contribution in [0.5, 0.6) is 0 Å². The van der Waals surface area contributed by atoms with E-state index >= 15 is 0 Å². The summed E-state index contributed by atoms with van der Waals surface area (Å²) in [6.07, 6.45) is 0. The van der Waals surface area contributed by atoms with E-state index in [2.05, 4.69) is 5.21 Å². The van der Waals surface area contributed by atoms with E-state index in [1.807, 2.05) is 6.07 Å². The molecular formula is C18H11N4O2+. The van der Waals surface area contributed by atoms with Gasteiger partial charge in [0.1, 0.15) is 7.05 Å². The highest BCUT2D eigenvalue weighted by atomic mass is 16.1. The van der Waals surface area contributed by atoms with Crippen molar-refractivity contribution in [2.45, 2.75) is 0 Å². The van der Waals surface area contributed by atoms with Crippen molar-refractivity contribution < 1.29 is 14.3 Å². The van der Waals surface area contributed by atoms with E-state index < -0.39 is 0 Å². The monoisotopic (exact) mass is 315 g/mol. The predicted molar refractivity (Wildman–Crippen MR) is 82.8 cm³/mol. The smallest absolute Gasteiger partial charge is 0.256 e. The van der Waals surface area contributed by atoms with Crippen LogP contribution in [0, 0.1) is 11.3 Å². The average Bonchev–Trinajstić information content (AvgIpc) is 2.97. The van der Waals surface area contributed by atoms with Gasteiger partial charge in [-0.05, 0) is 24.3 Å². The Morgan fingerprint density at radius 3 is 2.25 bits per heavy atom. The van der Waals surface area contributed by atoms with Crippen molar-refractivity contribution in [3.05, 3.63) is 76.6 Å². The largest absolute Gasteiger partial charge is 0.284 e. The van der Waals surface area contributed by atoms with Crippen LogP contribution in [-0.2, 0) is 7.05 Å². The third-order valence-corrected chi connectivity index (χ3v) is 4.07. The van der Waals surface area contributed by atoms with Gasteiger partial charge in [-0.1, -0.05) is 28.9 Å². The molecule has 6 nitrogen and oxygen atoms in total. The molecule has 0 aliphatic heterocycles. The maximum atomic E-state index is 12.9. The van der Waals surface area contributed by atoms with Crippen molar-refractivity contribution in [3.8, 4) is 11.8 Å². The van der Waals surface area contributed by atoms with Crippen LogP contribution >= 0.6 is 0 Å². The number of carbonyl (C=O) groups is 2. The van der Waals surface area contributed by atoms with Crippen LogP contribution in [0.4, 0.5) is 0 Å². The van der Waals surface area contributed by atoms with E-state index in [1.165, 1.54) is 9.36 Å². The number of nitriles is 1. The molecule has 1 aliphatic carbocycles. The number of aromatic nitrogens is 3. The van der Waals surface area contributed by atoms with Crippen LogP contribution in [0.3, 0.4) is 0 Å². The summed E-state index contributed by atoms with van der Waals surface area (Å²) < 4.78 is 2.87. The van der Waals surface area contributed by atoms with Gasteiger partial charge in [0.15, 0.2) is 5.69 Å². The first-order valence-electron chi connectivity index (χ1n) is 7.30. The molecule has 0 unspecified atom stereocenters. The predicted octanol–water partition coefficient (Wildman–Crippen LogP) is 1.34. The number of rotatable bonds is 1. The first kappa shape index (κ1) is 14.0. The highest BCUT2D eigenvalue weighted by Crippen LogP contribution is 2.26. The molecule has 0 spiro atoms. The lowest BCUT2D eigenvalue weighted by Crippen LogP contribution is -2.39. The summed E-state index contributed by atoms with van der Waals surface area (Å²) in [7, 11) is 1.64. The summed E-state index contributed by atoms with van der Waals surface area (Å²) in [4.78, 5) is 25.7. The van der Waals surface area contributed by atoms with Crippen molar-refractivity contribution in [1.29, 1.82) is 5.26 Å². The van der Waals surface area contributed by atoms with Crippen molar-refractivity contribution in [3.63, 3.8) is 0 Å². The summed E-state index contributed by atoms with van der Waals surface area (Å²) >= 11 is 0. The fraction of sp³-hybridized carbons (Fsp3) is 0.0556. The lowest BCUT2D eigenvalue weighted by molar-refractivity contribution is -0.733. The number of aryl methyl sites for hydroxylation is 1. The molecule has 0 saturated heterocycles. The SMILES string of the molecule is C[n+]1nn(-c2ccc(C#N)cc2)c2c1C(=O)c1ccccc1C2=O. The Kier molecular flexibility index (Phi) is 2.90. The molecule has 4 rings (SSSR count). The van der Waals surface area contributed by atoms with Gasteiger partial charge in [0.2, 0.25) is 17.3 Å². The molecule has 24 heavy (non-hydrogen) atoms. The van der Waals surface area contributed by atoms with E-state index in [0.717, 1.165) is 0 Å². The molecule has 0 fully saturated rings. The van der Waals surface area contributed by atoms with Crippen molar-refractivity contribution in [2.75, 3.05) is 0 Å². The van der Waals surface area contributed by atoms with Gasteiger partial charge in [0.25, 0.3) is 5.69 Å². The van der Waals surface area contributed by atoms with Gasteiger partial charge in [-0.25, -0.2) is 0 Å². The Balaban J connectivity index is 1.96. The molecule has 0 radical (unpaired) electrons. The zero-order valence-electron chi connectivity index (χ0n) is 12.7. The molecule has 0 saturated carbocycles. The molecule has 3 aromatic rings. The van der Waals surface area contributed by atoms with E-state index in [9.17, 15) is 9.59 Å². The lowest BCUT2D eigenvalue weighted by Gasteiger charge is -2.10. The quantitative estimate of drug-likeness (QED) is 0.497. The van der Waals surface area contributed by atoms with Gasteiger partial charge in [0.05, 0.1) is 16.8 Å². The van der Waals surface area contributed by atoms with Gasteiger partial charge >= 0.3 is 0 Å². The lowest BCUT2D eigenvalue weighted by atomic mass is 9.90. The third kappa shape index (κ3) is 1.82. The van der Waals surface area contributed by atoms with Crippen LogP contribution < -0.4 is 4.68 Å². The van der Waals surface area contributed by atoms with Gasteiger partial charge in [-0.15, -0.1) is 4.68 Å². The fourth-order valence-electron chi connectivity index (χ4n) is 2.93. The molecular weight excluding hydrogens is 304 g/mol. The summed E-state index contributed by atoms with van der Waals surface area (Å²) in [5, 5.41) is 13.2. The second-order valence-corrected chi connectivity index (χ2v) is 5.48. The Labute approximate surface area is 137 Å². The Hall–Kier alpha value is -3.59. The summed E-state index contributed by atoms with van der Waals surface area (Å²) in [6.45, 7) is 0. The number of benzene rings is 2. The van der Waals surface area contributed by atoms with Crippen LogP contribution in [0.2, 0.25) is 0 Å². The normalized spacial score (nSPS) is 12.5. The van der Waals surface area contributed by atoms with E-state index in [4.69, 9.17) is 5.26 Å². The zero-order valence-corrected chi connectivity index (χ0v) is 12.7. The van der Waals surface area contributed by atoms with E-state index in [-0.39, 0.29) is 23.0 Å². The minimum atomic E-state index is -0.238. The highest BCUT2D eigenvalue weighted by Gasteiger charge is 2.42. The van der Waals surface area contributed by atoms with Crippen molar-refractivity contribution in [1.82, 2.24) is 9.90 Å². The molecule has 2 aromatic carbocycles. The molecule has 1 aliphatic rings. The Morgan fingerprint density at radius 1 is 1.00 bits per heavy atom. The molecule has 0 bridgehead atoms. The number of ketones is 2. The first-order chi connectivity index (χ1) is 11.6. The van der Waals surface area contributed by atoms with Crippen LogP contribution in [0.1, 0.15) is 37.7 Å². The molecule has 0 amide bonds. The van der Waals surface area contributed by atoms with Crippen LogP contribution in [0.15, 0.2) is 48.5 Å². The summed E-state index contributed by atoms with van der Waals surface area (Å²) in [5.74, 6) is -0.458. The van der Waals surface area contributed by atoms with E-state index in [0.29, 0.717) is 22.4 Å². The van der Waals surface area contributed by atoms with E-state index in [1.54, 1.807) is 55.6 Å².